The average Bonchev–Trinajstić information content (AvgIpc) is 3.41. The van der Waals surface area contributed by atoms with Crippen molar-refractivity contribution < 1.29 is 17.9 Å². The number of carbonyl (C=O) groups is 1. The monoisotopic (exact) mass is 474 g/mol. The minimum Gasteiger partial charge on any atom is -0.497 e. The van der Waals surface area contributed by atoms with Crippen LogP contribution in [0.25, 0.3) is 0 Å². The molecule has 8 nitrogen and oxygen atoms in total. The second kappa shape index (κ2) is 9.33. The van der Waals surface area contributed by atoms with Gasteiger partial charge in [-0.05, 0) is 85.8 Å². The van der Waals surface area contributed by atoms with E-state index in [1.54, 1.807) is 24.3 Å². The first kappa shape index (κ1) is 22.3. The van der Waals surface area contributed by atoms with Crippen LogP contribution in [-0.4, -0.2) is 32.6 Å². The van der Waals surface area contributed by atoms with Gasteiger partial charge in [0.15, 0.2) is 5.11 Å². The number of rotatable bonds is 6. The van der Waals surface area contributed by atoms with Gasteiger partial charge in [0.2, 0.25) is 0 Å². The number of methoxy groups -OCH3 is 1. The molecule has 2 bridgehead atoms. The van der Waals surface area contributed by atoms with Crippen molar-refractivity contribution in [2.75, 3.05) is 11.8 Å². The molecular weight excluding hydrogens is 448 g/mol. The highest BCUT2D eigenvalue weighted by Gasteiger charge is 2.39. The number of nitrogens with one attached hydrogen (secondary N) is 4. The Morgan fingerprint density at radius 1 is 1.06 bits per heavy atom. The van der Waals surface area contributed by atoms with Gasteiger partial charge in [-0.1, -0.05) is 12.5 Å². The van der Waals surface area contributed by atoms with Gasteiger partial charge in [-0.15, -0.1) is 0 Å². The van der Waals surface area contributed by atoms with Crippen LogP contribution in [-0.2, 0) is 10.0 Å². The van der Waals surface area contributed by atoms with E-state index in [1.165, 1.54) is 50.6 Å². The smallest absolute Gasteiger partial charge is 0.269 e. The molecule has 0 radical (unpaired) electrons. The third-order valence-electron chi connectivity index (χ3n) is 6.09. The first-order chi connectivity index (χ1) is 15.3. The third kappa shape index (κ3) is 5.13. The lowest BCUT2D eigenvalue weighted by Crippen LogP contribution is -2.50. The maximum Gasteiger partial charge on any atom is 0.269 e. The molecule has 32 heavy (non-hydrogen) atoms. The molecule has 2 aliphatic carbocycles. The van der Waals surface area contributed by atoms with Gasteiger partial charge >= 0.3 is 0 Å². The second-order valence-electron chi connectivity index (χ2n) is 8.20. The Morgan fingerprint density at radius 3 is 2.50 bits per heavy atom. The van der Waals surface area contributed by atoms with E-state index in [9.17, 15) is 13.2 Å². The van der Waals surface area contributed by atoms with Crippen LogP contribution in [0.5, 0.6) is 5.75 Å². The fourth-order valence-electron chi connectivity index (χ4n) is 4.49. The molecule has 170 valence electrons. The highest BCUT2D eigenvalue weighted by atomic mass is 32.2. The van der Waals surface area contributed by atoms with Crippen LogP contribution in [0.4, 0.5) is 5.69 Å². The number of hydrazine groups is 1. The number of sulfonamides is 1. The molecule has 4 N–H and O–H groups in total. The van der Waals surface area contributed by atoms with Gasteiger partial charge in [-0.25, -0.2) is 8.42 Å². The zero-order chi connectivity index (χ0) is 22.7. The predicted molar refractivity (Wildman–Crippen MR) is 126 cm³/mol. The Bertz CT molecular complexity index is 1110. The largest absolute Gasteiger partial charge is 0.497 e. The van der Waals surface area contributed by atoms with Crippen molar-refractivity contribution in [1.29, 1.82) is 0 Å². The van der Waals surface area contributed by atoms with Crippen LogP contribution in [0.15, 0.2) is 53.4 Å². The van der Waals surface area contributed by atoms with Crippen LogP contribution >= 0.6 is 12.2 Å². The lowest BCUT2D eigenvalue weighted by Gasteiger charge is -2.24. The minimum atomic E-state index is -3.87. The molecule has 0 unspecified atom stereocenters. The normalized spacial score (nSPS) is 21.6. The summed E-state index contributed by atoms with van der Waals surface area (Å²) in [6, 6.07) is 12.7. The molecule has 0 aromatic heterocycles. The van der Waals surface area contributed by atoms with Gasteiger partial charge in [0.1, 0.15) is 5.75 Å². The lowest BCUT2D eigenvalue weighted by atomic mass is 9.96. The zero-order valence-electron chi connectivity index (χ0n) is 17.6. The van der Waals surface area contributed by atoms with Crippen molar-refractivity contribution in [2.45, 2.75) is 36.6 Å². The minimum absolute atomic E-state index is 0.0244. The van der Waals surface area contributed by atoms with E-state index in [2.05, 4.69) is 20.9 Å². The highest BCUT2D eigenvalue weighted by molar-refractivity contribution is 7.92. The van der Waals surface area contributed by atoms with E-state index >= 15 is 0 Å². The van der Waals surface area contributed by atoms with E-state index in [1.807, 2.05) is 0 Å². The molecule has 2 fully saturated rings. The Hall–Kier alpha value is -2.85. The number of benzene rings is 2. The highest BCUT2D eigenvalue weighted by Crippen LogP contribution is 2.44. The average molecular weight is 475 g/mol. The summed E-state index contributed by atoms with van der Waals surface area (Å²) in [4.78, 5) is 12.5. The van der Waals surface area contributed by atoms with Crippen molar-refractivity contribution in [2.24, 2.45) is 11.8 Å². The summed E-state index contributed by atoms with van der Waals surface area (Å²) >= 11 is 5.30. The van der Waals surface area contributed by atoms with Crippen LogP contribution in [0.3, 0.4) is 0 Å². The molecule has 0 spiro atoms. The Kier molecular flexibility index (Phi) is 6.52. The fraction of sp³-hybridized carbons (Fsp3) is 0.364. The van der Waals surface area contributed by atoms with Crippen LogP contribution in [0.2, 0.25) is 0 Å². The molecule has 3 atom stereocenters. The van der Waals surface area contributed by atoms with Gasteiger partial charge in [0.05, 0.1) is 12.0 Å². The van der Waals surface area contributed by atoms with E-state index in [0.717, 1.165) is 12.3 Å². The lowest BCUT2D eigenvalue weighted by molar-refractivity contribution is 0.0943. The molecule has 2 aliphatic rings. The maximum absolute atomic E-state index is 12.7. The molecule has 2 aromatic rings. The van der Waals surface area contributed by atoms with Crippen molar-refractivity contribution in [1.82, 2.24) is 16.2 Å². The summed E-state index contributed by atoms with van der Waals surface area (Å²) in [6.07, 6.45) is 4.88. The summed E-state index contributed by atoms with van der Waals surface area (Å²) in [6.45, 7) is 0. The third-order valence-corrected chi connectivity index (χ3v) is 7.69. The number of hydrogen-bond acceptors (Lipinski definition) is 5. The number of amides is 1. The van der Waals surface area contributed by atoms with Gasteiger partial charge in [0.25, 0.3) is 15.9 Å². The maximum atomic E-state index is 12.7. The van der Waals surface area contributed by atoms with Crippen molar-refractivity contribution >= 4 is 38.9 Å². The van der Waals surface area contributed by atoms with Crippen molar-refractivity contribution in [3.8, 4) is 5.75 Å². The zero-order valence-corrected chi connectivity index (χ0v) is 19.3. The summed E-state index contributed by atoms with van der Waals surface area (Å²) in [5.41, 5.74) is 5.84. The molecule has 10 heteroatoms. The second-order valence-corrected chi connectivity index (χ2v) is 10.3. The molecule has 0 heterocycles. The number of ether oxygens (including phenoxy) is 1. The topological polar surface area (TPSA) is 109 Å². The van der Waals surface area contributed by atoms with E-state index < -0.39 is 15.9 Å². The van der Waals surface area contributed by atoms with E-state index in [-0.39, 0.29) is 10.5 Å². The first-order valence-electron chi connectivity index (χ1n) is 10.5. The standard InChI is InChI=1S/C22H26N4O4S2/c1-30-18-9-7-17(8-10-18)26-32(28,29)19-4-2-3-16(13-19)21(27)24-25-22(31)23-20-12-14-5-6-15(20)11-14/h2-4,7-10,13-15,20,26H,5-6,11-12H2,1H3,(H,24,27)(H2,23,25,31)/t14-,15-,20+/m0/s1. The fourth-order valence-corrected chi connectivity index (χ4v) is 5.80. The Balaban J connectivity index is 1.34. The van der Waals surface area contributed by atoms with Crippen molar-refractivity contribution in [3.63, 3.8) is 0 Å². The summed E-state index contributed by atoms with van der Waals surface area (Å²) in [7, 11) is -2.34. The van der Waals surface area contributed by atoms with Gasteiger partial charge in [0, 0.05) is 17.3 Å². The summed E-state index contributed by atoms with van der Waals surface area (Å²) < 4.78 is 33.0. The molecule has 1 amide bonds. The SMILES string of the molecule is COc1ccc(NS(=O)(=O)c2cccc(C(=O)NNC(=S)N[C@@H]3C[C@H]4CC[C@H]3C4)c2)cc1. The predicted octanol–water partition coefficient (Wildman–Crippen LogP) is 2.79. The van der Waals surface area contributed by atoms with Crippen LogP contribution < -0.4 is 25.6 Å². The van der Waals surface area contributed by atoms with Crippen LogP contribution in [0.1, 0.15) is 36.0 Å². The quantitative estimate of drug-likeness (QED) is 0.377. The van der Waals surface area contributed by atoms with Gasteiger partial charge in [-0.3, -0.25) is 20.4 Å². The number of fused-ring (bicyclic) bond motifs is 2. The number of hydrogen-bond donors (Lipinski definition) is 4. The summed E-state index contributed by atoms with van der Waals surface area (Å²) in [5.74, 6) is 1.57. The van der Waals surface area contributed by atoms with Crippen molar-refractivity contribution in [3.05, 3.63) is 54.1 Å². The molecule has 0 saturated heterocycles. The number of carbonyl (C=O) groups excluding carboxylic acids is 1. The van der Waals surface area contributed by atoms with E-state index in [0.29, 0.717) is 28.5 Å². The molecular formula is C22H26N4O4S2. The Labute approximate surface area is 193 Å². The molecule has 4 rings (SSSR count). The Morgan fingerprint density at radius 2 is 1.84 bits per heavy atom. The van der Waals surface area contributed by atoms with Crippen LogP contribution in [0, 0.1) is 11.8 Å². The van der Waals surface area contributed by atoms with Gasteiger partial charge in [-0.2, -0.15) is 0 Å². The number of thiocarbonyl (C=S) groups is 1. The molecule has 2 saturated carbocycles. The summed E-state index contributed by atoms with van der Waals surface area (Å²) in [5, 5.41) is 3.64. The first-order valence-corrected chi connectivity index (χ1v) is 12.4. The number of anilines is 1. The van der Waals surface area contributed by atoms with Gasteiger partial charge < -0.3 is 10.1 Å². The molecule has 0 aliphatic heterocycles. The molecule has 2 aromatic carbocycles. The van der Waals surface area contributed by atoms with E-state index in [4.69, 9.17) is 17.0 Å².